The molecule has 1 unspecified atom stereocenters. The summed E-state index contributed by atoms with van der Waals surface area (Å²) >= 11 is 0. The van der Waals surface area contributed by atoms with Crippen LogP contribution in [-0.2, 0) is 20.9 Å². The first-order valence-corrected chi connectivity index (χ1v) is 4.80. The Morgan fingerprint density at radius 1 is 1.33 bits per heavy atom. The molecule has 0 bridgehead atoms. The lowest BCUT2D eigenvalue weighted by Crippen LogP contribution is -2.12. The van der Waals surface area contributed by atoms with Gasteiger partial charge in [0.15, 0.2) is 0 Å². The van der Waals surface area contributed by atoms with Gasteiger partial charge in [-0.25, -0.2) is 4.79 Å². The second kappa shape index (κ2) is 4.28. The highest BCUT2D eigenvalue weighted by Gasteiger charge is 2.22. The zero-order valence-corrected chi connectivity index (χ0v) is 8.47. The van der Waals surface area contributed by atoms with Crippen LogP contribution < -0.4 is 0 Å². The van der Waals surface area contributed by atoms with E-state index >= 15 is 0 Å². The Morgan fingerprint density at radius 3 is 2.67 bits per heavy atom. The summed E-state index contributed by atoms with van der Waals surface area (Å²) in [5.41, 5.74) is 1.67. The van der Waals surface area contributed by atoms with Crippen LogP contribution in [0, 0.1) is 0 Å². The van der Waals surface area contributed by atoms with Crippen molar-refractivity contribution < 1.29 is 14.3 Å². The molecule has 0 amide bonds. The van der Waals surface area contributed by atoms with Gasteiger partial charge in [-0.1, -0.05) is 30.3 Å². The minimum Gasteiger partial charge on any atom is -0.429 e. The van der Waals surface area contributed by atoms with Crippen LogP contribution in [0.1, 0.15) is 12.5 Å². The summed E-state index contributed by atoms with van der Waals surface area (Å²) in [4.78, 5) is 11.0. The van der Waals surface area contributed by atoms with Crippen LogP contribution >= 0.6 is 0 Å². The molecule has 0 radical (unpaired) electrons. The predicted molar refractivity (Wildman–Crippen MR) is 54.9 cm³/mol. The fourth-order valence-corrected chi connectivity index (χ4v) is 1.34. The highest BCUT2D eigenvalue weighted by molar-refractivity contribution is 5.89. The van der Waals surface area contributed by atoms with Crippen LogP contribution in [0.25, 0.3) is 0 Å². The van der Waals surface area contributed by atoms with Crippen LogP contribution in [0.5, 0.6) is 0 Å². The maximum absolute atomic E-state index is 11.0. The quantitative estimate of drug-likeness (QED) is 0.707. The molecule has 1 aliphatic rings. The number of hydrogen-bond donors (Lipinski definition) is 0. The van der Waals surface area contributed by atoms with E-state index in [4.69, 9.17) is 9.47 Å². The number of rotatable bonds is 3. The van der Waals surface area contributed by atoms with Crippen LogP contribution in [0.2, 0.25) is 0 Å². The number of ether oxygens (including phenoxy) is 2. The third-order valence-electron chi connectivity index (χ3n) is 2.19. The molecule has 0 saturated carbocycles. The second-order valence-corrected chi connectivity index (χ2v) is 3.42. The molecule has 0 aliphatic carbocycles. The molecule has 3 heteroatoms. The Hall–Kier alpha value is -1.61. The SMILES string of the molecule is CC1=CC(OCc2ccccc2)OC1=O. The number of benzene rings is 1. The van der Waals surface area contributed by atoms with Crippen molar-refractivity contribution in [1.82, 2.24) is 0 Å². The van der Waals surface area contributed by atoms with Crippen molar-refractivity contribution in [3.63, 3.8) is 0 Å². The number of cyclic esters (lactones) is 1. The second-order valence-electron chi connectivity index (χ2n) is 3.42. The van der Waals surface area contributed by atoms with E-state index in [1.807, 2.05) is 30.3 Å². The molecule has 0 saturated heterocycles. The lowest BCUT2D eigenvalue weighted by Gasteiger charge is -2.09. The van der Waals surface area contributed by atoms with Crippen molar-refractivity contribution in [2.75, 3.05) is 0 Å². The van der Waals surface area contributed by atoms with Gasteiger partial charge in [-0.15, -0.1) is 0 Å². The summed E-state index contributed by atoms with van der Waals surface area (Å²) in [5, 5.41) is 0. The summed E-state index contributed by atoms with van der Waals surface area (Å²) in [7, 11) is 0. The topological polar surface area (TPSA) is 35.5 Å². The fourth-order valence-electron chi connectivity index (χ4n) is 1.34. The molecule has 0 spiro atoms. The lowest BCUT2D eigenvalue weighted by molar-refractivity contribution is -0.160. The molecule has 0 N–H and O–H groups in total. The van der Waals surface area contributed by atoms with Crippen molar-refractivity contribution >= 4 is 5.97 Å². The molecule has 1 heterocycles. The molecule has 15 heavy (non-hydrogen) atoms. The van der Waals surface area contributed by atoms with E-state index in [-0.39, 0.29) is 5.97 Å². The number of carbonyl (C=O) groups excluding carboxylic acids is 1. The lowest BCUT2D eigenvalue weighted by atomic mass is 10.2. The minimum atomic E-state index is -0.530. The Morgan fingerprint density at radius 2 is 2.07 bits per heavy atom. The molecular weight excluding hydrogens is 192 g/mol. The Kier molecular flexibility index (Phi) is 2.83. The van der Waals surface area contributed by atoms with Gasteiger partial charge in [-0.05, 0) is 18.6 Å². The van der Waals surface area contributed by atoms with E-state index in [2.05, 4.69) is 0 Å². The molecule has 1 atom stereocenters. The summed E-state index contributed by atoms with van der Waals surface area (Å²) < 4.78 is 10.4. The molecule has 1 aromatic rings. The third kappa shape index (κ3) is 2.44. The van der Waals surface area contributed by atoms with Crippen molar-refractivity contribution in [3.05, 3.63) is 47.5 Å². The van der Waals surface area contributed by atoms with E-state index in [0.29, 0.717) is 12.2 Å². The van der Waals surface area contributed by atoms with Gasteiger partial charge in [0.2, 0.25) is 6.29 Å². The van der Waals surface area contributed by atoms with Crippen LogP contribution in [0.3, 0.4) is 0 Å². The molecule has 2 rings (SSSR count). The number of esters is 1. The van der Waals surface area contributed by atoms with E-state index < -0.39 is 6.29 Å². The molecule has 0 fully saturated rings. The highest BCUT2D eigenvalue weighted by atomic mass is 16.7. The van der Waals surface area contributed by atoms with Crippen molar-refractivity contribution in [2.24, 2.45) is 0 Å². The highest BCUT2D eigenvalue weighted by Crippen LogP contribution is 2.15. The predicted octanol–water partition coefficient (Wildman–Crippen LogP) is 2.03. The van der Waals surface area contributed by atoms with Gasteiger partial charge in [0.1, 0.15) is 0 Å². The van der Waals surface area contributed by atoms with Crippen LogP contribution in [-0.4, -0.2) is 12.3 Å². The van der Waals surface area contributed by atoms with Crippen molar-refractivity contribution in [1.29, 1.82) is 0 Å². The third-order valence-corrected chi connectivity index (χ3v) is 2.19. The van der Waals surface area contributed by atoms with E-state index in [1.165, 1.54) is 0 Å². The van der Waals surface area contributed by atoms with Gasteiger partial charge in [0.25, 0.3) is 0 Å². The monoisotopic (exact) mass is 204 g/mol. The number of hydrogen-bond acceptors (Lipinski definition) is 3. The van der Waals surface area contributed by atoms with Gasteiger partial charge in [0, 0.05) is 5.57 Å². The first-order valence-electron chi connectivity index (χ1n) is 4.80. The maximum atomic E-state index is 11.0. The van der Waals surface area contributed by atoms with Gasteiger partial charge < -0.3 is 9.47 Å². The van der Waals surface area contributed by atoms with E-state index in [0.717, 1.165) is 5.56 Å². The molecule has 3 nitrogen and oxygen atoms in total. The van der Waals surface area contributed by atoms with Crippen molar-refractivity contribution in [2.45, 2.75) is 19.8 Å². The average Bonchev–Trinajstić information content (AvgIpc) is 2.57. The largest absolute Gasteiger partial charge is 0.429 e. The fraction of sp³-hybridized carbons (Fsp3) is 0.250. The summed E-state index contributed by atoms with van der Waals surface area (Å²) in [6.07, 6.45) is 1.16. The van der Waals surface area contributed by atoms with Crippen molar-refractivity contribution in [3.8, 4) is 0 Å². The average molecular weight is 204 g/mol. The molecule has 1 aliphatic heterocycles. The Bertz CT molecular complexity index is 381. The molecule has 1 aromatic carbocycles. The number of carbonyl (C=O) groups is 1. The zero-order chi connectivity index (χ0) is 10.7. The normalized spacial score (nSPS) is 19.9. The van der Waals surface area contributed by atoms with E-state index in [1.54, 1.807) is 13.0 Å². The minimum absolute atomic E-state index is 0.298. The standard InChI is InChI=1S/C12H12O3/c1-9-7-11(15-12(9)13)14-8-10-5-3-2-4-6-10/h2-7,11H,8H2,1H3. The van der Waals surface area contributed by atoms with Crippen LogP contribution in [0.15, 0.2) is 42.0 Å². The molecule has 0 aromatic heterocycles. The maximum Gasteiger partial charge on any atom is 0.336 e. The Balaban J connectivity index is 1.88. The Labute approximate surface area is 88.3 Å². The van der Waals surface area contributed by atoms with Gasteiger partial charge >= 0.3 is 5.97 Å². The first kappa shape index (κ1) is 9.93. The van der Waals surface area contributed by atoms with Crippen LogP contribution in [0.4, 0.5) is 0 Å². The van der Waals surface area contributed by atoms with Gasteiger partial charge in [-0.3, -0.25) is 0 Å². The van der Waals surface area contributed by atoms with Gasteiger partial charge in [-0.2, -0.15) is 0 Å². The summed E-state index contributed by atoms with van der Waals surface area (Å²) in [6, 6.07) is 9.77. The van der Waals surface area contributed by atoms with Gasteiger partial charge in [0.05, 0.1) is 6.61 Å². The first-order chi connectivity index (χ1) is 7.25. The summed E-state index contributed by atoms with van der Waals surface area (Å²) in [6.45, 7) is 2.16. The van der Waals surface area contributed by atoms with E-state index in [9.17, 15) is 4.79 Å². The smallest absolute Gasteiger partial charge is 0.336 e. The summed E-state index contributed by atoms with van der Waals surface area (Å²) in [5.74, 6) is -0.298. The zero-order valence-electron chi connectivity index (χ0n) is 8.47. The molecule has 78 valence electrons. The molecular formula is C12H12O3.